The van der Waals surface area contributed by atoms with Gasteiger partial charge in [-0.25, -0.2) is 0 Å². The van der Waals surface area contributed by atoms with Gasteiger partial charge in [0.15, 0.2) is 5.76 Å². The van der Waals surface area contributed by atoms with E-state index in [-0.39, 0.29) is 5.91 Å². The Morgan fingerprint density at radius 2 is 2.10 bits per heavy atom. The molecule has 0 bridgehead atoms. The van der Waals surface area contributed by atoms with Crippen LogP contribution >= 0.6 is 22.7 Å². The molecule has 3 aromatic heterocycles. The quantitative estimate of drug-likeness (QED) is 0.786. The molecule has 0 aromatic carbocycles. The van der Waals surface area contributed by atoms with Gasteiger partial charge in [0.05, 0.1) is 17.8 Å². The highest BCUT2D eigenvalue weighted by Gasteiger charge is 2.09. The monoisotopic (exact) mass is 304 g/mol. The first-order valence-corrected chi connectivity index (χ1v) is 7.86. The Hall–Kier alpha value is -1.92. The Labute approximate surface area is 124 Å². The van der Waals surface area contributed by atoms with Crippen molar-refractivity contribution in [3.05, 3.63) is 51.7 Å². The fourth-order valence-corrected chi connectivity index (χ4v) is 3.13. The van der Waals surface area contributed by atoms with E-state index in [1.54, 1.807) is 22.7 Å². The molecule has 102 valence electrons. The van der Waals surface area contributed by atoms with E-state index in [1.165, 1.54) is 0 Å². The second-order valence-corrected chi connectivity index (χ2v) is 6.17. The lowest BCUT2D eigenvalue weighted by molar-refractivity contribution is -0.120. The second-order valence-electron chi connectivity index (χ2n) is 4.19. The molecule has 0 unspecified atom stereocenters. The van der Waals surface area contributed by atoms with Crippen molar-refractivity contribution in [3.63, 3.8) is 0 Å². The maximum atomic E-state index is 11.8. The lowest BCUT2D eigenvalue weighted by atomic mass is 10.3. The number of nitrogens with zero attached hydrogens (tertiary/aromatic N) is 1. The summed E-state index contributed by atoms with van der Waals surface area (Å²) in [7, 11) is 0. The predicted octanol–water partition coefficient (Wildman–Crippen LogP) is 3.32. The van der Waals surface area contributed by atoms with Gasteiger partial charge in [0.25, 0.3) is 0 Å². The average molecular weight is 304 g/mol. The summed E-state index contributed by atoms with van der Waals surface area (Å²) < 4.78 is 5.26. The minimum atomic E-state index is -0.00637. The Kier molecular flexibility index (Phi) is 3.94. The van der Waals surface area contributed by atoms with Gasteiger partial charge in [0, 0.05) is 10.9 Å². The van der Waals surface area contributed by atoms with Crippen molar-refractivity contribution in [2.45, 2.75) is 13.0 Å². The van der Waals surface area contributed by atoms with Gasteiger partial charge >= 0.3 is 0 Å². The van der Waals surface area contributed by atoms with Gasteiger partial charge in [-0.3, -0.25) is 4.79 Å². The van der Waals surface area contributed by atoms with E-state index < -0.39 is 0 Å². The molecule has 4 nitrogen and oxygen atoms in total. The van der Waals surface area contributed by atoms with Gasteiger partial charge in [-0.05, 0) is 22.9 Å². The molecule has 0 saturated heterocycles. The van der Waals surface area contributed by atoms with Gasteiger partial charge < -0.3 is 9.84 Å². The average Bonchev–Trinajstić information content (AvgIpc) is 3.18. The molecule has 3 aromatic rings. The number of hydrogen-bond donors (Lipinski definition) is 1. The molecule has 0 aliphatic heterocycles. The van der Waals surface area contributed by atoms with Crippen LogP contribution in [0.4, 0.5) is 0 Å². The third kappa shape index (κ3) is 3.15. The molecule has 1 amide bonds. The predicted molar refractivity (Wildman–Crippen MR) is 79.7 cm³/mol. The number of rotatable bonds is 5. The van der Waals surface area contributed by atoms with Gasteiger partial charge in [-0.15, -0.1) is 22.7 Å². The Morgan fingerprint density at radius 3 is 2.85 bits per heavy atom. The molecule has 0 spiro atoms. The molecule has 3 rings (SSSR count). The summed E-state index contributed by atoms with van der Waals surface area (Å²) in [4.78, 5) is 13.9. The Bertz CT molecular complexity index is 672. The normalized spacial score (nSPS) is 10.6. The molecule has 0 atom stereocenters. The van der Waals surface area contributed by atoms with Crippen molar-refractivity contribution in [1.29, 1.82) is 0 Å². The van der Waals surface area contributed by atoms with Crippen molar-refractivity contribution in [2.24, 2.45) is 0 Å². The zero-order valence-electron chi connectivity index (χ0n) is 10.5. The molecular weight excluding hydrogens is 292 g/mol. The first-order valence-electron chi connectivity index (χ1n) is 6.10. The molecule has 6 heteroatoms. The van der Waals surface area contributed by atoms with E-state index in [9.17, 15) is 4.79 Å². The smallest absolute Gasteiger partial charge is 0.225 e. The molecular formula is C14H12N2O2S2. The van der Waals surface area contributed by atoms with E-state index in [1.807, 2.05) is 41.1 Å². The number of amides is 1. The topological polar surface area (TPSA) is 55.1 Å². The first kappa shape index (κ1) is 13.1. The van der Waals surface area contributed by atoms with Crippen LogP contribution in [0.3, 0.4) is 0 Å². The summed E-state index contributed by atoms with van der Waals surface area (Å²) in [6, 6.07) is 9.69. The summed E-state index contributed by atoms with van der Waals surface area (Å²) in [5.41, 5.74) is 0.730. The fourth-order valence-electron chi connectivity index (χ4n) is 1.75. The highest BCUT2D eigenvalue weighted by atomic mass is 32.1. The number of aromatic nitrogens is 1. The highest BCUT2D eigenvalue weighted by molar-refractivity contribution is 7.13. The molecule has 0 saturated carbocycles. The Balaban J connectivity index is 1.55. The highest BCUT2D eigenvalue weighted by Crippen LogP contribution is 2.24. The van der Waals surface area contributed by atoms with Gasteiger partial charge in [-0.1, -0.05) is 17.3 Å². The van der Waals surface area contributed by atoms with E-state index in [0.717, 1.165) is 21.2 Å². The van der Waals surface area contributed by atoms with Crippen LogP contribution in [-0.4, -0.2) is 11.1 Å². The number of carbonyl (C=O) groups excluding carboxylic acids is 1. The van der Waals surface area contributed by atoms with Crippen LogP contribution in [0.2, 0.25) is 0 Å². The van der Waals surface area contributed by atoms with Gasteiger partial charge in [0.2, 0.25) is 5.91 Å². The van der Waals surface area contributed by atoms with Crippen molar-refractivity contribution in [3.8, 4) is 10.6 Å². The van der Waals surface area contributed by atoms with Crippen LogP contribution in [0, 0.1) is 0 Å². The summed E-state index contributed by atoms with van der Waals surface area (Å²) in [5, 5.41) is 10.8. The fraction of sp³-hybridized carbons (Fsp3) is 0.143. The minimum Gasteiger partial charge on any atom is -0.355 e. The van der Waals surface area contributed by atoms with E-state index in [4.69, 9.17) is 4.52 Å². The molecule has 0 radical (unpaired) electrons. The Morgan fingerprint density at radius 1 is 1.25 bits per heavy atom. The van der Waals surface area contributed by atoms with Gasteiger partial charge in [0.1, 0.15) is 5.69 Å². The van der Waals surface area contributed by atoms with Crippen molar-refractivity contribution < 1.29 is 9.32 Å². The standard InChI is InChI=1S/C14H12N2O2S2/c17-14(8-11-3-1-5-19-11)15-9-10-7-12(18-16-10)13-4-2-6-20-13/h1-7H,8-9H2,(H,15,17). The minimum absolute atomic E-state index is 0.00637. The molecule has 0 aliphatic rings. The van der Waals surface area contributed by atoms with Crippen LogP contribution in [0.25, 0.3) is 10.6 Å². The van der Waals surface area contributed by atoms with Crippen molar-refractivity contribution in [2.75, 3.05) is 0 Å². The third-order valence-corrected chi connectivity index (χ3v) is 4.47. The van der Waals surface area contributed by atoms with Crippen molar-refractivity contribution in [1.82, 2.24) is 10.5 Å². The van der Waals surface area contributed by atoms with Crippen LogP contribution < -0.4 is 5.32 Å². The SMILES string of the molecule is O=C(Cc1cccs1)NCc1cc(-c2cccs2)on1. The van der Waals surface area contributed by atoms with E-state index in [2.05, 4.69) is 10.5 Å². The number of thiophene rings is 2. The summed E-state index contributed by atoms with van der Waals surface area (Å²) >= 11 is 3.18. The first-order chi connectivity index (χ1) is 9.81. The maximum absolute atomic E-state index is 11.8. The van der Waals surface area contributed by atoms with E-state index >= 15 is 0 Å². The zero-order valence-corrected chi connectivity index (χ0v) is 12.2. The largest absolute Gasteiger partial charge is 0.355 e. The van der Waals surface area contributed by atoms with Gasteiger partial charge in [-0.2, -0.15) is 0 Å². The molecule has 0 aliphatic carbocycles. The van der Waals surface area contributed by atoms with Crippen LogP contribution in [-0.2, 0) is 17.8 Å². The number of hydrogen-bond acceptors (Lipinski definition) is 5. The van der Waals surface area contributed by atoms with Crippen LogP contribution in [0.15, 0.2) is 45.6 Å². The second kappa shape index (κ2) is 6.02. The maximum Gasteiger partial charge on any atom is 0.225 e. The van der Waals surface area contributed by atoms with Crippen LogP contribution in [0.1, 0.15) is 10.6 Å². The zero-order chi connectivity index (χ0) is 13.8. The number of nitrogens with one attached hydrogen (secondary N) is 1. The number of carbonyl (C=O) groups is 1. The lowest BCUT2D eigenvalue weighted by Gasteiger charge is -2.00. The summed E-state index contributed by atoms with van der Waals surface area (Å²) in [6.07, 6.45) is 0.410. The third-order valence-electron chi connectivity index (χ3n) is 2.70. The molecule has 1 N–H and O–H groups in total. The lowest BCUT2D eigenvalue weighted by Crippen LogP contribution is -2.24. The van der Waals surface area contributed by atoms with Crippen LogP contribution in [0.5, 0.6) is 0 Å². The van der Waals surface area contributed by atoms with Crippen molar-refractivity contribution >= 4 is 28.6 Å². The molecule has 0 fully saturated rings. The summed E-state index contributed by atoms with van der Waals surface area (Å²) in [6.45, 7) is 0.388. The molecule has 3 heterocycles. The summed E-state index contributed by atoms with van der Waals surface area (Å²) in [5.74, 6) is 0.732. The van der Waals surface area contributed by atoms with E-state index in [0.29, 0.717) is 13.0 Å². The molecule has 20 heavy (non-hydrogen) atoms.